The Kier molecular flexibility index (Phi) is 9.97. The molecule has 1 aliphatic heterocycles. The molecule has 7 nitrogen and oxygen atoms in total. The van der Waals surface area contributed by atoms with Crippen molar-refractivity contribution in [3.05, 3.63) is 115 Å². The lowest BCUT2D eigenvalue weighted by molar-refractivity contribution is -0.118. The lowest BCUT2D eigenvalue weighted by atomic mass is 10.1. The van der Waals surface area contributed by atoms with Crippen LogP contribution < -0.4 is 19.7 Å². The highest BCUT2D eigenvalue weighted by molar-refractivity contribution is 14.1. The second kappa shape index (κ2) is 13.9. The molecule has 4 aromatic rings. The van der Waals surface area contributed by atoms with Crippen LogP contribution >= 0.6 is 57.6 Å². The van der Waals surface area contributed by atoms with Crippen LogP contribution in [0.1, 0.15) is 11.1 Å². The fraction of sp³-hybridized carbons (Fsp3) is 0.0938. The number of aryl methyl sites for hydroxylation is 1. The molecule has 11 heteroatoms. The number of hydrogen-bond donors (Lipinski definition) is 1. The van der Waals surface area contributed by atoms with Crippen LogP contribution in [0.2, 0.25) is 10.0 Å². The highest BCUT2D eigenvalue weighted by Gasteiger charge is 2.35. The largest absolute Gasteiger partial charge is 0.493 e. The average molecular weight is 744 g/mol. The Bertz CT molecular complexity index is 1740. The van der Waals surface area contributed by atoms with Crippen molar-refractivity contribution in [1.29, 1.82) is 0 Å². The van der Waals surface area contributed by atoms with E-state index in [1.165, 1.54) is 18.9 Å². The van der Waals surface area contributed by atoms with Crippen molar-refractivity contribution in [2.75, 3.05) is 23.9 Å². The number of ether oxygens (including phenoxy) is 2. The summed E-state index contributed by atoms with van der Waals surface area (Å²) in [7, 11) is 1.52. The van der Waals surface area contributed by atoms with E-state index in [4.69, 9.17) is 37.7 Å². The van der Waals surface area contributed by atoms with E-state index < -0.39 is 0 Å². The highest BCUT2D eigenvalue weighted by atomic mass is 127. The Morgan fingerprint density at radius 1 is 1.02 bits per heavy atom. The molecule has 0 atom stereocenters. The van der Waals surface area contributed by atoms with Crippen molar-refractivity contribution in [3.8, 4) is 11.5 Å². The SMILES string of the molecule is COc1cc(/C=C2\SC(=Nc3ccc(Cl)cc3)N(c3ccc(Cl)cc3)C2=O)cc(I)c1OCC(=O)Nc1cccc(C)c1. The zero-order chi connectivity index (χ0) is 30.5. The molecule has 0 aromatic heterocycles. The van der Waals surface area contributed by atoms with Crippen LogP contribution in [0, 0.1) is 10.5 Å². The maximum absolute atomic E-state index is 13.7. The standard InChI is InChI=1S/C32H24Cl2IN3O4S/c1-19-4-3-5-24(14-19)36-29(39)18-42-30-26(35)15-20(16-27(30)41-2)17-28-31(40)38(25-12-8-22(34)9-13-25)32(43-28)37-23-10-6-21(33)7-11-23/h3-17H,18H2,1-2H3,(H,36,39)/b28-17-,37-32?. The molecular formula is C32H24Cl2IN3O4S. The quantitative estimate of drug-likeness (QED) is 0.144. The van der Waals surface area contributed by atoms with Gasteiger partial charge in [-0.05, 0) is 131 Å². The number of rotatable bonds is 8. The van der Waals surface area contributed by atoms with Gasteiger partial charge in [0.15, 0.2) is 23.3 Å². The second-order valence-electron chi connectivity index (χ2n) is 9.34. The number of halogens is 3. The van der Waals surface area contributed by atoms with Crippen molar-refractivity contribution < 1.29 is 19.1 Å². The molecular weight excluding hydrogens is 720 g/mol. The normalized spacial score (nSPS) is 14.8. The molecule has 0 bridgehead atoms. The maximum Gasteiger partial charge on any atom is 0.271 e. The van der Waals surface area contributed by atoms with Crippen molar-refractivity contribution in [2.24, 2.45) is 4.99 Å². The predicted molar refractivity (Wildman–Crippen MR) is 184 cm³/mol. The number of carbonyl (C=O) groups excluding carboxylic acids is 2. The lowest BCUT2D eigenvalue weighted by Crippen LogP contribution is -2.28. The van der Waals surface area contributed by atoms with E-state index in [-0.39, 0.29) is 18.4 Å². The second-order valence-corrected chi connectivity index (χ2v) is 12.4. The first-order valence-electron chi connectivity index (χ1n) is 12.9. The van der Waals surface area contributed by atoms with Crippen LogP contribution in [0.3, 0.4) is 0 Å². The molecule has 0 spiro atoms. The van der Waals surface area contributed by atoms with Gasteiger partial charge in [0.2, 0.25) is 0 Å². The lowest BCUT2D eigenvalue weighted by Gasteiger charge is -2.15. The minimum Gasteiger partial charge on any atom is -0.493 e. The number of anilines is 2. The maximum atomic E-state index is 13.7. The van der Waals surface area contributed by atoms with Crippen LogP contribution in [-0.4, -0.2) is 30.7 Å². The van der Waals surface area contributed by atoms with Gasteiger partial charge in [-0.1, -0.05) is 35.3 Å². The number of carbonyl (C=O) groups is 2. The number of hydrogen-bond acceptors (Lipinski definition) is 6. The molecule has 218 valence electrons. The van der Waals surface area contributed by atoms with Gasteiger partial charge >= 0.3 is 0 Å². The van der Waals surface area contributed by atoms with Gasteiger partial charge in [0.25, 0.3) is 11.8 Å². The molecule has 43 heavy (non-hydrogen) atoms. The summed E-state index contributed by atoms with van der Waals surface area (Å²) in [5.41, 5.74) is 3.75. The minimum absolute atomic E-state index is 0.199. The highest BCUT2D eigenvalue weighted by Crippen LogP contribution is 2.40. The van der Waals surface area contributed by atoms with E-state index >= 15 is 0 Å². The Balaban J connectivity index is 1.40. The molecule has 4 aromatic carbocycles. The van der Waals surface area contributed by atoms with Crippen molar-refractivity contribution in [3.63, 3.8) is 0 Å². The van der Waals surface area contributed by atoms with Gasteiger partial charge in [0.1, 0.15) is 0 Å². The third-order valence-corrected chi connectivity index (χ3v) is 8.42. The molecule has 1 N–H and O–H groups in total. The summed E-state index contributed by atoms with van der Waals surface area (Å²) in [5, 5.41) is 4.48. The Hall–Kier alpha value is -3.51. The van der Waals surface area contributed by atoms with Crippen LogP contribution in [0.5, 0.6) is 11.5 Å². The number of benzene rings is 4. The van der Waals surface area contributed by atoms with E-state index in [0.29, 0.717) is 52.2 Å². The Morgan fingerprint density at radius 2 is 1.72 bits per heavy atom. The number of methoxy groups -OCH3 is 1. The molecule has 1 heterocycles. The number of nitrogens with one attached hydrogen (secondary N) is 1. The molecule has 5 rings (SSSR count). The predicted octanol–water partition coefficient (Wildman–Crippen LogP) is 8.74. The number of amides is 2. The summed E-state index contributed by atoms with van der Waals surface area (Å²) in [5.74, 6) is 0.338. The van der Waals surface area contributed by atoms with E-state index in [1.54, 1.807) is 65.6 Å². The number of thioether (sulfide) groups is 1. The molecule has 0 unspecified atom stereocenters. The zero-order valence-corrected chi connectivity index (χ0v) is 27.4. The van der Waals surface area contributed by atoms with Crippen LogP contribution in [0.25, 0.3) is 6.08 Å². The summed E-state index contributed by atoms with van der Waals surface area (Å²) < 4.78 is 12.2. The zero-order valence-electron chi connectivity index (χ0n) is 22.9. The number of nitrogens with zero attached hydrogens (tertiary/aromatic N) is 2. The van der Waals surface area contributed by atoms with E-state index in [1.807, 2.05) is 37.3 Å². The summed E-state index contributed by atoms with van der Waals surface area (Å²) in [6, 6.07) is 25.2. The molecule has 0 aliphatic carbocycles. The molecule has 0 saturated carbocycles. The smallest absolute Gasteiger partial charge is 0.271 e. The molecule has 1 saturated heterocycles. The summed E-state index contributed by atoms with van der Waals surface area (Å²) >= 11 is 15.5. The first-order valence-corrected chi connectivity index (χ1v) is 15.6. The monoisotopic (exact) mass is 743 g/mol. The van der Waals surface area contributed by atoms with Crippen LogP contribution in [-0.2, 0) is 9.59 Å². The topological polar surface area (TPSA) is 80.2 Å². The molecule has 1 fully saturated rings. The van der Waals surface area contributed by atoms with Crippen LogP contribution in [0.4, 0.5) is 17.1 Å². The van der Waals surface area contributed by atoms with Gasteiger partial charge in [-0.2, -0.15) is 0 Å². The first-order chi connectivity index (χ1) is 20.7. The van der Waals surface area contributed by atoms with Gasteiger partial charge < -0.3 is 14.8 Å². The molecule has 2 amide bonds. The summed E-state index contributed by atoms with van der Waals surface area (Å²) in [6.45, 7) is 1.76. The fourth-order valence-electron chi connectivity index (χ4n) is 4.16. The summed E-state index contributed by atoms with van der Waals surface area (Å²) in [4.78, 5) is 33.0. The van der Waals surface area contributed by atoms with Gasteiger partial charge in [-0.3, -0.25) is 14.5 Å². The van der Waals surface area contributed by atoms with Crippen molar-refractivity contribution >= 4 is 97.7 Å². The summed E-state index contributed by atoms with van der Waals surface area (Å²) in [6.07, 6.45) is 1.78. The average Bonchev–Trinajstić information content (AvgIpc) is 3.27. The van der Waals surface area contributed by atoms with E-state index in [0.717, 1.165) is 11.1 Å². The van der Waals surface area contributed by atoms with Gasteiger partial charge in [-0.15, -0.1) is 0 Å². The number of aliphatic imine (C=N–C) groups is 1. The third kappa shape index (κ3) is 7.72. The fourth-order valence-corrected chi connectivity index (χ4v) is 6.20. The number of amidine groups is 1. The van der Waals surface area contributed by atoms with Gasteiger partial charge in [0, 0.05) is 15.7 Å². The Labute approximate surface area is 277 Å². The Morgan fingerprint density at radius 3 is 2.40 bits per heavy atom. The van der Waals surface area contributed by atoms with Crippen molar-refractivity contribution in [1.82, 2.24) is 0 Å². The third-order valence-electron chi connectivity index (χ3n) is 6.14. The van der Waals surface area contributed by atoms with E-state index in [2.05, 4.69) is 27.9 Å². The minimum atomic E-state index is -0.294. The molecule has 1 aliphatic rings. The first kappa shape index (κ1) is 30.9. The molecule has 0 radical (unpaired) electrons. The van der Waals surface area contributed by atoms with E-state index in [9.17, 15) is 9.59 Å². The van der Waals surface area contributed by atoms with Gasteiger partial charge in [0.05, 0.1) is 27.0 Å². The van der Waals surface area contributed by atoms with Crippen molar-refractivity contribution in [2.45, 2.75) is 6.92 Å². The van der Waals surface area contributed by atoms with Crippen LogP contribution in [0.15, 0.2) is 94.8 Å². The van der Waals surface area contributed by atoms with Gasteiger partial charge in [-0.25, -0.2) is 4.99 Å².